The first-order valence-electron chi connectivity index (χ1n) is 5.93. The fourth-order valence-electron chi connectivity index (χ4n) is 2.32. The Morgan fingerprint density at radius 2 is 1.83 bits per heavy atom. The van der Waals surface area contributed by atoms with Crippen LogP contribution in [0.5, 0.6) is 0 Å². The molecule has 0 saturated heterocycles. The van der Waals surface area contributed by atoms with E-state index in [1.165, 1.54) is 26.8 Å². The van der Waals surface area contributed by atoms with E-state index in [9.17, 15) is 0 Å². The zero-order chi connectivity index (χ0) is 12.5. The summed E-state index contributed by atoms with van der Waals surface area (Å²) in [4.78, 5) is 1.64. The average Bonchev–Trinajstić information content (AvgIpc) is 2.92. The maximum Gasteiger partial charge on any atom is 0.0746 e. The van der Waals surface area contributed by atoms with Crippen molar-refractivity contribution in [3.8, 4) is 0 Å². The molecule has 0 amide bonds. The van der Waals surface area contributed by atoms with Crippen molar-refractivity contribution in [2.75, 3.05) is 0 Å². The first-order valence-corrected chi connectivity index (χ1v) is 7.72. The second kappa shape index (κ2) is 4.87. The van der Waals surface area contributed by atoms with E-state index in [1.807, 2.05) is 0 Å². The van der Waals surface area contributed by atoms with Crippen LogP contribution < -0.4 is 0 Å². The standard InChI is InChI=1S/C16H13BrS/c1-11-8-9-12-5-2-3-6-13(12)15(11)16(17)14-7-4-10-18-14/h2-10,16H,1H3. The molecule has 0 nitrogen and oxygen atoms in total. The monoisotopic (exact) mass is 316 g/mol. The minimum absolute atomic E-state index is 0.281. The molecule has 0 spiro atoms. The quantitative estimate of drug-likeness (QED) is 0.532. The molecule has 0 bridgehead atoms. The van der Waals surface area contributed by atoms with Gasteiger partial charge in [0.1, 0.15) is 0 Å². The third-order valence-corrected chi connectivity index (χ3v) is 5.43. The lowest BCUT2D eigenvalue weighted by Gasteiger charge is -2.15. The Morgan fingerprint density at radius 3 is 2.61 bits per heavy atom. The molecule has 0 N–H and O–H groups in total. The smallest absolute Gasteiger partial charge is 0.0746 e. The predicted molar refractivity (Wildman–Crippen MR) is 83.8 cm³/mol. The number of hydrogen-bond acceptors (Lipinski definition) is 1. The van der Waals surface area contributed by atoms with Gasteiger partial charge in [0.15, 0.2) is 0 Å². The van der Waals surface area contributed by atoms with Gasteiger partial charge in [0.25, 0.3) is 0 Å². The molecule has 0 saturated carbocycles. The van der Waals surface area contributed by atoms with Gasteiger partial charge in [0.05, 0.1) is 4.83 Å². The number of rotatable bonds is 2. The number of hydrogen-bond donors (Lipinski definition) is 0. The second-order valence-electron chi connectivity index (χ2n) is 4.40. The summed E-state index contributed by atoms with van der Waals surface area (Å²) in [7, 11) is 0. The maximum atomic E-state index is 3.86. The van der Waals surface area contributed by atoms with Crippen molar-refractivity contribution in [2.45, 2.75) is 11.8 Å². The lowest BCUT2D eigenvalue weighted by atomic mass is 9.97. The topological polar surface area (TPSA) is 0 Å². The molecule has 2 heteroatoms. The van der Waals surface area contributed by atoms with Crippen LogP contribution in [0.4, 0.5) is 0 Å². The lowest BCUT2D eigenvalue weighted by molar-refractivity contribution is 1.20. The van der Waals surface area contributed by atoms with E-state index in [4.69, 9.17) is 0 Å². The van der Waals surface area contributed by atoms with E-state index < -0.39 is 0 Å². The Hall–Kier alpha value is -1.12. The van der Waals surface area contributed by atoms with Crippen molar-refractivity contribution in [3.63, 3.8) is 0 Å². The van der Waals surface area contributed by atoms with Crippen LogP contribution >= 0.6 is 27.3 Å². The van der Waals surface area contributed by atoms with Crippen LogP contribution in [0, 0.1) is 6.92 Å². The van der Waals surface area contributed by atoms with Gasteiger partial charge in [0, 0.05) is 4.88 Å². The molecule has 1 heterocycles. The highest BCUT2D eigenvalue weighted by Gasteiger charge is 2.16. The first kappa shape index (κ1) is 11.9. The fourth-order valence-corrected chi connectivity index (χ4v) is 4.11. The summed E-state index contributed by atoms with van der Waals surface area (Å²) >= 11 is 5.65. The molecule has 3 aromatic rings. The van der Waals surface area contributed by atoms with Crippen molar-refractivity contribution in [2.24, 2.45) is 0 Å². The second-order valence-corrected chi connectivity index (χ2v) is 6.29. The van der Waals surface area contributed by atoms with Crippen molar-refractivity contribution < 1.29 is 0 Å². The summed E-state index contributed by atoms with van der Waals surface area (Å²) in [6.07, 6.45) is 0. The van der Waals surface area contributed by atoms with Crippen LogP contribution in [0.15, 0.2) is 53.9 Å². The predicted octanol–water partition coefficient (Wildman–Crippen LogP) is 5.69. The molecule has 90 valence electrons. The van der Waals surface area contributed by atoms with Gasteiger partial charge >= 0.3 is 0 Å². The highest BCUT2D eigenvalue weighted by atomic mass is 79.9. The van der Waals surface area contributed by atoms with Gasteiger partial charge in [0.2, 0.25) is 0 Å². The normalized spacial score (nSPS) is 12.8. The lowest BCUT2D eigenvalue weighted by Crippen LogP contribution is -1.95. The molecule has 3 rings (SSSR count). The third-order valence-electron chi connectivity index (χ3n) is 3.24. The minimum Gasteiger partial charge on any atom is -0.147 e. The van der Waals surface area contributed by atoms with Crippen LogP contribution in [0.3, 0.4) is 0 Å². The van der Waals surface area contributed by atoms with Crippen LogP contribution in [0.25, 0.3) is 10.8 Å². The van der Waals surface area contributed by atoms with Gasteiger partial charge < -0.3 is 0 Å². The largest absolute Gasteiger partial charge is 0.147 e. The molecule has 1 unspecified atom stereocenters. The molecule has 1 atom stereocenters. The zero-order valence-electron chi connectivity index (χ0n) is 10.1. The summed E-state index contributed by atoms with van der Waals surface area (Å²) in [5.74, 6) is 0. The molecule has 2 aromatic carbocycles. The molecule has 0 aliphatic heterocycles. The van der Waals surface area contributed by atoms with Crippen LogP contribution in [0.2, 0.25) is 0 Å². The number of benzene rings is 2. The van der Waals surface area contributed by atoms with Crippen LogP contribution in [0.1, 0.15) is 20.8 Å². The molecule has 18 heavy (non-hydrogen) atoms. The highest BCUT2D eigenvalue weighted by molar-refractivity contribution is 9.09. The Kier molecular flexibility index (Phi) is 3.23. The molecule has 0 fully saturated rings. The Bertz CT molecular complexity index is 671. The fraction of sp³-hybridized carbons (Fsp3) is 0.125. The Labute approximate surface area is 119 Å². The highest BCUT2D eigenvalue weighted by Crippen LogP contribution is 2.39. The zero-order valence-corrected chi connectivity index (χ0v) is 12.5. The van der Waals surface area contributed by atoms with E-state index in [1.54, 1.807) is 11.3 Å². The summed E-state index contributed by atoms with van der Waals surface area (Å²) in [6, 6.07) is 17.3. The molecule has 0 radical (unpaired) electrons. The number of thiophene rings is 1. The number of alkyl halides is 1. The van der Waals surface area contributed by atoms with E-state index in [2.05, 4.69) is 76.8 Å². The van der Waals surface area contributed by atoms with Crippen molar-refractivity contribution in [3.05, 3.63) is 69.9 Å². The molecule has 0 aliphatic rings. The Balaban J connectivity index is 2.24. The van der Waals surface area contributed by atoms with E-state index in [-0.39, 0.29) is 4.83 Å². The summed E-state index contributed by atoms with van der Waals surface area (Å²) in [6.45, 7) is 2.18. The van der Waals surface area contributed by atoms with Crippen molar-refractivity contribution in [1.82, 2.24) is 0 Å². The number of fused-ring (bicyclic) bond motifs is 1. The van der Waals surface area contributed by atoms with Gasteiger partial charge in [-0.1, -0.05) is 58.4 Å². The SMILES string of the molecule is Cc1ccc2ccccc2c1C(Br)c1cccs1. The Morgan fingerprint density at radius 1 is 1.00 bits per heavy atom. The minimum atomic E-state index is 0.281. The van der Waals surface area contributed by atoms with E-state index in [0.717, 1.165) is 0 Å². The molecular weight excluding hydrogens is 304 g/mol. The van der Waals surface area contributed by atoms with Gasteiger partial charge in [-0.2, -0.15) is 0 Å². The van der Waals surface area contributed by atoms with Crippen molar-refractivity contribution >= 4 is 38.0 Å². The van der Waals surface area contributed by atoms with Crippen LogP contribution in [-0.4, -0.2) is 0 Å². The van der Waals surface area contributed by atoms with E-state index in [0.29, 0.717) is 0 Å². The van der Waals surface area contributed by atoms with Gasteiger partial charge in [-0.05, 0) is 40.3 Å². The molecule has 0 aliphatic carbocycles. The van der Waals surface area contributed by atoms with Gasteiger partial charge in [-0.15, -0.1) is 11.3 Å². The average molecular weight is 317 g/mol. The number of aryl methyl sites for hydroxylation is 1. The summed E-state index contributed by atoms with van der Waals surface area (Å²) in [5.41, 5.74) is 2.72. The summed E-state index contributed by atoms with van der Waals surface area (Å²) < 4.78 is 0. The number of halogens is 1. The first-order chi connectivity index (χ1) is 8.77. The molecular formula is C16H13BrS. The molecule has 1 aromatic heterocycles. The van der Waals surface area contributed by atoms with Crippen molar-refractivity contribution in [1.29, 1.82) is 0 Å². The summed E-state index contributed by atoms with van der Waals surface area (Å²) in [5, 5.41) is 4.77. The van der Waals surface area contributed by atoms with Gasteiger partial charge in [-0.3, -0.25) is 0 Å². The third kappa shape index (κ3) is 2.00. The van der Waals surface area contributed by atoms with E-state index >= 15 is 0 Å². The van der Waals surface area contributed by atoms with Gasteiger partial charge in [-0.25, -0.2) is 0 Å². The maximum absolute atomic E-state index is 3.86. The van der Waals surface area contributed by atoms with Crippen LogP contribution in [-0.2, 0) is 0 Å².